The Kier molecular flexibility index (Phi) is 20.8. The monoisotopic (exact) mass is 836 g/mol. The van der Waals surface area contributed by atoms with Gasteiger partial charge in [-0.05, 0) is 61.8 Å². The van der Waals surface area contributed by atoms with E-state index in [0.717, 1.165) is 24.8 Å². The average molecular weight is 837 g/mol. The summed E-state index contributed by atoms with van der Waals surface area (Å²) in [5, 5.41) is 33.7. The van der Waals surface area contributed by atoms with Crippen molar-refractivity contribution in [2.24, 2.45) is 22.2 Å². The van der Waals surface area contributed by atoms with Gasteiger partial charge in [0.15, 0.2) is 5.96 Å². The second-order valence-corrected chi connectivity index (χ2v) is 15.1. The lowest BCUT2D eigenvalue weighted by Gasteiger charge is -2.30. The van der Waals surface area contributed by atoms with Gasteiger partial charge in [-0.1, -0.05) is 82.0 Å². The summed E-state index contributed by atoms with van der Waals surface area (Å²) >= 11 is 0. The highest BCUT2D eigenvalue weighted by Gasteiger charge is 2.38. The van der Waals surface area contributed by atoms with Crippen LogP contribution in [-0.2, 0) is 41.6 Å². The van der Waals surface area contributed by atoms with Gasteiger partial charge in [0.1, 0.15) is 29.9 Å². The number of carboxylic acid groups (broad SMARTS) is 1. The molecular formula is C42H64N10O8. The van der Waals surface area contributed by atoms with Gasteiger partial charge in [-0.3, -0.25) is 34.3 Å². The van der Waals surface area contributed by atoms with E-state index in [1.54, 1.807) is 36.4 Å². The third-order valence-corrected chi connectivity index (χ3v) is 10.3. The van der Waals surface area contributed by atoms with Crippen LogP contribution in [-0.4, -0.2) is 113 Å². The molecule has 1 saturated heterocycles. The van der Waals surface area contributed by atoms with E-state index in [1.807, 2.05) is 19.9 Å². The standard InChI is InChI=1S/C42H64N10O8/c1-3-5-14-30(43)36(54)50-33(24-28-18-20-29(53)21-19-28)38(56)49-31(15-6-4-2)37(55)48-26-47-32(16-10-22-46-42(44)45)40(58)52-23-11-17-35(52)39(57)51-34(41(59)60)25-27-12-8-7-9-13-27/h7-9,12-13,18-21,30-35,47,53H,3-6,10-11,14-17,22-26,43H2,1-2H3,(H,48,55)(H,49,56)(H,50,54)(H,51,57)(H,59,60)(H4,44,45,46)/t30-,31-,32-,33-,34-,35-/m0/s1. The molecule has 1 aliphatic rings. The van der Waals surface area contributed by atoms with Gasteiger partial charge in [-0.2, -0.15) is 0 Å². The molecule has 1 aliphatic heterocycles. The van der Waals surface area contributed by atoms with Crippen molar-refractivity contribution in [2.45, 2.75) is 127 Å². The number of benzene rings is 2. The number of likely N-dealkylation sites (tertiary alicyclic amines) is 1. The van der Waals surface area contributed by atoms with Crippen LogP contribution in [0, 0.1) is 0 Å². The molecule has 0 radical (unpaired) electrons. The third kappa shape index (κ3) is 16.5. The number of carbonyl (C=O) groups excluding carboxylic acids is 5. The number of nitrogens with zero attached hydrogens (tertiary/aromatic N) is 2. The molecule has 0 unspecified atom stereocenters. The highest BCUT2D eigenvalue weighted by molar-refractivity contribution is 5.94. The first-order valence-corrected chi connectivity index (χ1v) is 20.8. The van der Waals surface area contributed by atoms with E-state index in [9.17, 15) is 39.0 Å². The Bertz CT molecular complexity index is 1720. The number of aromatic hydroxyl groups is 1. The molecule has 18 nitrogen and oxygen atoms in total. The number of nitrogens with two attached hydrogens (primary N) is 3. The number of aliphatic carboxylic acids is 1. The first-order chi connectivity index (χ1) is 28.7. The van der Waals surface area contributed by atoms with Crippen LogP contribution in [0.3, 0.4) is 0 Å². The second kappa shape index (κ2) is 25.7. The number of guanidine groups is 1. The Morgan fingerprint density at radius 1 is 0.767 bits per heavy atom. The van der Waals surface area contributed by atoms with Crippen LogP contribution in [0.1, 0.15) is 89.2 Å². The van der Waals surface area contributed by atoms with Gasteiger partial charge in [-0.25, -0.2) is 4.79 Å². The molecule has 0 spiro atoms. The van der Waals surface area contributed by atoms with Crippen molar-refractivity contribution in [3.63, 3.8) is 0 Å². The van der Waals surface area contributed by atoms with E-state index in [-0.39, 0.29) is 57.2 Å². The minimum absolute atomic E-state index is 0.0436. The number of carbonyl (C=O) groups is 6. The molecule has 3 rings (SSSR count). The normalized spacial score (nSPS) is 16.1. The summed E-state index contributed by atoms with van der Waals surface area (Å²) in [6.07, 6.45) is 5.24. The Morgan fingerprint density at radius 3 is 2.03 bits per heavy atom. The van der Waals surface area contributed by atoms with Crippen LogP contribution < -0.4 is 43.8 Å². The zero-order valence-electron chi connectivity index (χ0n) is 34.7. The fourth-order valence-electron chi connectivity index (χ4n) is 6.88. The third-order valence-electron chi connectivity index (χ3n) is 10.3. The van der Waals surface area contributed by atoms with E-state index < -0.39 is 71.8 Å². The van der Waals surface area contributed by atoms with Gasteiger partial charge < -0.3 is 53.6 Å². The quantitative estimate of drug-likeness (QED) is 0.0268. The minimum Gasteiger partial charge on any atom is -0.508 e. The molecule has 2 aromatic rings. The van der Waals surface area contributed by atoms with Crippen molar-refractivity contribution < 1.29 is 39.0 Å². The minimum atomic E-state index is -1.20. The molecule has 13 N–H and O–H groups in total. The number of amides is 5. The number of nitrogens with one attached hydrogen (secondary N) is 5. The first kappa shape index (κ1) is 48.6. The number of phenols is 1. The maximum atomic E-state index is 14.1. The molecule has 5 amide bonds. The van der Waals surface area contributed by atoms with E-state index in [0.29, 0.717) is 37.7 Å². The molecule has 2 aromatic carbocycles. The van der Waals surface area contributed by atoms with Crippen molar-refractivity contribution >= 4 is 41.5 Å². The lowest BCUT2D eigenvalue weighted by molar-refractivity contribution is -0.144. The number of aliphatic imine (C=N–C) groups is 1. The summed E-state index contributed by atoms with van der Waals surface area (Å²) in [5.74, 6) is -3.87. The Balaban J connectivity index is 1.73. The van der Waals surface area contributed by atoms with Gasteiger partial charge in [0, 0.05) is 25.9 Å². The molecule has 1 heterocycles. The predicted octanol–water partition coefficient (Wildman–Crippen LogP) is 0.501. The Morgan fingerprint density at radius 2 is 1.38 bits per heavy atom. The second-order valence-electron chi connectivity index (χ2n) is 15.1. The number of phenolic OH excluding ortho intramolecular Hbond substituents is 1. The Labute approximate surface area is 351 Å². The predicted molar refractivity (Wildman–Crippen MR) is 227 cm³/mol. The zero-order chi connectivity index (χ0) is 44.0. The fraction of sp³-hybridized carbons (Fsp3) is 0.548. The van der Waals surface area contributed by atoms with Crippen LogP contribution in [0.5, 0.6) is 5.75 Å². The molecule has 0 saturated carbocycles. The van der Waals surface area contributed by atoms with Crippen molar-refractivity contribution in [2.75, 3.05) is 19.8 Å². The van der Waals surface area contributed by atoms with E-state index in [4.69, 9.17) is 17.2 Å². The van der Waals surface area contributed by atoms with Crippen LogP contribution in [0.2, 0.25) is 0 Å². The number of hydrogen-bond donors (Lipinski definition) is 10. The molecule has 0 aliphatic carbocycles. The topological polar surface area (TPSA) is 297 Å². The first-order valence-electron chi connectivity index (χ1n) is 20.8. The van der Waals surface area contributed by atoms with Gasteiger partial charge in [-0.15, -0.1) is 0 Å². The summed E-state index contributed by atoms with van der Waals surface area (Å²) in [5.41, 5.74) is 18.5. The van der Waals surface area contributed by atoms with Crippen LogP contribution in [0.25, 0.3) is 0 Å². The van der Waals surface area contributed by atoms with Crippen LogP contribution in [0.15, 0.2) is 59.6 Å². The van der Waals surface area contributed by atoms with Gasteiger partial charge in [0.25, 0.3) is 0 Å². The fourth-order valence-corrected chi connectivity index (χ4v) is 6.88. The Hall–Kier alpha value is -5.75. The maximum Gasteiger partial charge on any atom is 0.326 e. The van der Waals surface area contributed by atoms with E-state index >= 15 is 0 Å². The van der Waals surface area contributed by atoms with Crippen molar-refractivity contribution in [1.82, 2.24) is 31.5 Å². The molecule has 60 heavy (non-hydrogen) atoms. The van der Waals surface area contributed by atoms with Gasteiger partial charge in [0.2, 0.25) is 29.5 Å². The summed E-state index contributed by atoms with van der Waals surface area (Å²) in [6.45, 7) is 4.23. The molecule has 0 bridgehead atoms. The zero-order valence-corrected chi connectivity index (χ0v) is 34.7. The summed E-state index contributed by atoms with van der Waals surface area (Å²) in [7, 11) is 0. The number of unbranched alkanes of at least 4 members (excludes halogenated alkanes) is 2. The SMILES string of the molecule is CCCC[C@H](NC(=O)[C@H](Cc1ccc(O)cc1)NC(=O)[C@@H](N)CCCC)C(=O)NCN[C@@H](CCCN=C(N)N)C(=O)N1CCC[C@H]1C(=O)N[C@@H](Cc1ccccc1)C(=O)O. The highest BCUT2D eigenvalue weighted by atomic mass is 16.4. The molecule has 330 valence electrons. The maximum absolute atomic E-state index is 14.1. The highest BCUT2D eigenvalue weighted by Crippen LogP contribution is 2.20. The summed E-state index contributed by atoms with van der Waals surface area (Å²) in [4.78, 5) is 85.7. The number of carboxylic acids is 1. The molecule has 18 heteroatoms. The number of hydrogen-bond acceptors (Lipinski definition) is 10. The van der Waals surface area contributed by atoms with Crippen molar-refractivity contribution in [3.8, 4) is 5.75 Å². The largest absolute Gasteiger partial charge is 0.508 e. The summed E-state index contributed by atoms with van der Waals surface area (Å²) in [6, 6.07) is 9.24. The van der Waals surface area contributed by atoms with Crippen LogP contribution in [0.4, 0.5) is 0 Å². The lowest BCUT2D eigenvalue weighted by atomic mass is 10.0. The summed E-state index contributed by atoms with van der Waals surface area (Å²) < 4.78 is 0. The average Bonchev–Trinajstić information content (AvgIpc) is 3.73. The lowest BCUT2D eigenvalue weighted by Crippen LogP contribution is -2.58. The molecule has 1 fully saturated rings. The molecular weight excluding hydrogens is 773 g/mol. The van der Waals surface area contributed by atoms with E-state index in [2.05, 4.69) is 31.6 Å². The van der Waals surface area contributed by atoms with Crippen molar-refractivity contribution in [1.29, 1.82) is 0 Å². The van der Waals surface area contributed by atoms with Gasteiger partial charge >= 0.3 is 5.97 Å². The van der Waals surface area contributed by atoms with E-state index in [1.165, 1.54) is 17.0 Å². The molecule has 0 aromatic heterocycles. The van der Waals surface area contributed by atoms with Gasteiger partial charge in [0.05, 0.1) is 18.8 Å². The van der Waals surface area contributed by atoms with Crippen molar-refractivity contribution in [3.05, 3.63) is 65.7 Å². The number of rotatable bonds is 26. The van der Waals surface area contributed by atoms with Crippen LogP contribution >= 0.6 is 0 Å². The molecule has 6 atom stereocenters. The smallest absolute Gasteiger partial charge is 0.326 e.